The summed E-state index contributed by atoms with van der Waals surface area (Å²) < 4.78 is 11.3. The summed E-state index contributed by atoms with van der Waals surface area (Å²) in [5.74, 6) is 0.0613. The molecule has 1 atom stereocenters. The summed E-state index contributed by atoms with van der Waals surface area (Å²) in [7, 11) is 0. The van der Waals surface area contributed by atoms with Crippen LogP contribution in [0.5, 0.6) is 0 Å². The molecule has 0 spiro atoms. The Kier molecular flexibility index (Phi) is 5.86. The molecule has 1 amide bonds. The summed E-state index contributed by atoms with van der Waals surface area (Å²) in [5.41, 5.74) is 1.28. The van der Waals surface area contributed by atoms with Crippen molar-refractivity contribution in [3.8, 4) is 0 Å². The van der Waals surface area contributed by atoms with Crippen LogP contribution in [0.1, 0.15) is 33.1 Å². The number of anilines is 1. The van der Waals surface area contributed by atoms with Crippen molar-refractivity contribution >= 4 is 23.2 Å². The van der Waals surface area contributed by atoms with Gasteiger partial charge in [-0.25, -0.2) is 4.98 Å². The zero-order valence-electron chi connectivity index (χ0n) is 14.9. The summed E-state index contributed by atoms with van der Waals surface area (Å²) in [6, 6.07) is 4.23. The van der Waals surface area contributed by atoms with Gasteiger partial charge in [-0.1, -0.05) is 0 Å². The number of ether oxygens (including phenoxy) is 1. The van der Waals surface area contributed by atoms with Crippen molar-refractivity contribution in [3.05, 3.63) is 18.3 Å². The monoisotopic (exact) mass is 346 g/mol. The molecule has 3 heterocycles. The molecule has 0 bridgehead atoms. The highest BCUT2D eigenvalue weighted by molar-refractivity contribution is 5.79. The second-order valence-electron chi connectivity index (χ2n) is 6.67. The fraction of sp³-hybridized carbons (Fsp3) is 0.611. The molecule has 1 aliphatic heterocycles. The van der Waals surface area contributed by atoms with Crippen molar-refractivity contribution in [2.45, 2.75) is 39.2 Å². The Morgan fingerprint density at radius 3 is 3.20 bits per heavy atom. The van der Waals surface area contributed by atoms with Gasteiger partial charge in [0.25, 0.3) is 6.01 Å². The molecule has 1 unspecified atom stereocenters. The molecule has 7 heteroatoms. The number of hydrogen-bond donors (Lipinski definition) is 1. The van der Waals surface area contributed by atoms with Crippen LogP contribution in [0.2, 0.25) is 0 Å². The van der Waals surface area contributed by atoms with Gasteiger partial charge in [-0.15, -0.1) is 0 Å². The van der Waals surface area contributed by atoms with Gasteiger partial charge in [-0.2, -0.15) is 4.98 Å². The highest BCUT2D eigenvalue weighted by Crippen LogP contribution is 2.25. The third kappa shape index (κ3) is 4.69. The number of carbonyl (C=O) groups excluding carboxylic acids is 1. The van der Waals surface area contributed by atoms with Gasteiger partial charge in [0.2, 0.25) is 11.6 Å². The summed E-state index contributed by atoms with van der Waals surface area (Å²) >= 11 is 0. The number of amides is 1. The number of rotatable bonds is 7. The number of nitrogens with one attached hydrogen (secondary N) is 1. The van der Waals surface area contributed by atoms with Crippen molar-refractivity contribution in [2.24, 2.45) is 5.92 Å². The highest BCUT2D eigenvalue weighted by Gasteiger charge is 2.28. The number of piperidine rings is 1. The molecule has 2 aromatic heterocycles. The van der Waals surface area contributed by atoms with Gasteiger partial charge in [0.05, 0.1) is 12.0 Å². The van der Waals surface area contributed by atoms with Crippen molar-refractivity contribution in [1.29, 1.82) is 0 Å². The van der Waals surface area contributed by atoms with Gasteiger partial charge in [0, 0.05) is 32.4 Å². The van der Waals surface area contributed by atoms with Crippen LogP contribution in [0.3, 0.4) is 0 Å². The van der Waals surface area contributed by atoms with Gasteiger partial charge < -0.3 is 19.4 Å². The van der Waals surface area contributed by atoms with E-state index in [2.05, 4.69) is 15.3 Å². The highest BCUT2D eigenvalue weighted by atomic mass is 16.5. The Labute approximate surface area is 147 Å². The third-order valence-electron chi connectivity index (χ3n) is 4.29. The van der Waals surface area contributed by atoms with Gasteiger partial charge in [0.1, 0.15) is 0 Å². The van der Waals surface area contributed by atoms with Crippen molar-refractivity contribution in [2.75, 3.05) is 31.1 Å². The molecule has 1 N–H and O–H groups in total. The average Bonchev–Trinajstić information content (AvgIpc) is 3.05. The number of fused-ring (bicyclic) bond motifs is 1. The molecule has 0 aromatic carbocycles. The summed E-state index contributed by atoms with van der Waals surface area (Å²) in [4.78, 5) is 23.1. The van der Waals surface area contributed by atoms with Crippen LogP contribution < -0.4 is 10.2 Å². The molecule has 1 saturated heterocycles. The van der Waals surface area contributed by atoms with Crippen LogP contribution in [0.25, 0.3) is 11.2 Å². The topological polar surface area (TPSA) is 80.5 Å². The largest absolute Gasteiger partial charge is 0.422 e. The average molecular weight is 346 g/mol. The van der Waals surface area contributed by atoms with Crippen LogP contribution >= 0.6 is 0 Å². The Morgan fingerprint density at radius 1 is 1.52 bits per heavy atom. The van der Waals surface area contributed by atoms with E-state index in [0.717, 1.165) is 25.8 Å². The fourth-order valence-electron chi connectivity index (χ4n) is 3.00. The van der Waals surface area contributed by atoms with Crippen molar-refractivity contribution < 1.29 is 13.9 Å². The first-order chi connectivity index (χ1) is 12.1. The molecule has 1 fully saturated rings. The van der Waals surface area contributed by atoms with E-state index in [1.54, 1.807) is 6.20 Å². The molecule has 0 aliphatic carbocycles. The Morgan fingerprint density at radius 2 is 2.40 bits per heavy atom. The van der Waals surface area contributed by atoms with E-state index in [0.29, 0.717) is 36.9 Å². The number of oxazole rings is 1. The van der Waals surface area contributed by atoms with Crippen molar-refractivity contribution in [1.82, 2.24) is 15.3 Å². The zero-order chi connectivity index (χ0) is 17.6. The lowest BCUT2D eigenvalue weighted by Gasteiger charge is -2.30. The maximum Gasteiger partial charge on any atom is 0.299 e. The maximum atomic E-state index is 12.4. The third-order valence-corrected chi connectivity index (χ3v) is 4.29. The standard InChI is InChI=1S/C18H26N4O3/c1-13(2)24-11-5-9-20-17(23)14-6-4-10-22(12-14)18-21-16-15(25-18)7-3-8-19-16/h3,7-8,13-14H,4-6,9-12H2,1-2H3,(H,20,23). The molecule has 7 nitrogen and oxygen atoms in total. The number of nitrogens with zero attached hydrogens (tertiary/aromatic N) is 3. The number of carbonyl (C=O) groups is 1. The number of aromatic nitrogens is 2. The Bertz CT molecular complexity index is 667. The van der Waals surface area contributed by atoms with E-state index >= 15 is 0 Å². The van der Waals surface area contributed by atoms with Crippen LogP contribution in [-0.2, 0) is 9.53 Å². The molecular formula is C18H26N4O3. The summed E-state index contributed by atoms with van der Waals surface area (Å²) in [6.07, 6.45) is 4.60. The van der Waals surface area contributed by atoms with E-state index in [9.17, 15) is 4.79 Å². The van der Waals surface area contributed by atoms with E-state index in [-0.39, 0.29) is 17.9 Å². The van der Waals surface area contributed by atoms with Crippen LogP contribution in [0, 0.1) is 5.92 Å². The minimum Gasteiger partial charge on any atom is -0.422 e. The van der Waals surface area contributed by atoms with Gasteiger partial charge in [-0.3, -0.25) is 4.79 Å². The Hall–Kier alpha value is -2.15. The first kappa shape index (κ1) is 17.7. The summed E-state index contributed by atoms with van der Waals surface area (Å²) in [6.45, 7) is 6.81. The lowest BCUT2D eigenvalue weighted by molar-refractivity contribution is -0.125. The van der Waals surface area contributed by atoms with E-state index in [1.807, 2.05) is 30.9 Å². The second-order valence-corrected chi connectivity index (χ2v) is 6.67. The van der Waals surface area contributed by atoms with Crippen LogP contribution in [0.15, 0.2) is 22.7 Å². The molecule has 136 valence electrons. The van der Waals surface area contributed by atoms with Gasteiger partial charge in [-0.05, 0) is 45.2 Å². The van der Waals surface area contributed by atoms with Crippen LogP contribution in [-0.4, -0.2) is 48.2 Å². The molecule has 2 aromatic rings. The van der Waals surface area contributed by atoms with E-state index in [4.69, 9.17) is 9.15 Å². The zero-order valence-corrected chi connectivity index (χ0v) is 14.9. The Balaban J connectivity index is 1.51. The smallest absolute Gasteiger partial charge is 0.299 e. The number of hydrogen-bond acceptors (Lipinski definition) is 6. The molecule has 0 saturated carbocycles. The lowest BCUT2D eigenvalue weighted by atomic mass is 9.97. The molecular weight excluding hydrogens is 320 g/mol. The molecule has 25 heavy (non-hydrogen) atoms. The predicted octanol–water partition coefficient (Wildman–Crippen LogP) is 2.37. The lowest BCUT2D eigenvalue weighted by Crippen LogP contribution is -2.43. The quantitative estimate of drug-likeness (QED) is 0.775. The molecule has 0 radical (unpaired) electrons. The SMILES string of the molecule is CC(C)OCCCNC(=O)C1CCCN(c2nc3ncccc3o2)C1. The van der Waals surface area contributed by atoms with E-state index < -0.39 is 0 Å². The molecule has 1 aliphatic rings. The first-order valence-electron chi connectivity index (χ1n) is 8.99. The van der Waals surface area contributed by atoms with E-state index in [1.165, 1.54) is 0 Å². The predicted molar refractivity (Wildman–Crippen MR) is 95.5 cm³/mol. The van der Waals surface area contributed by atoms with Gasteiger partial charge >= 0.3 is 0 Å². The fourth-order valence-corrected chi connectivity index (χ4v) is 3.00. The molecule has 3 rings (SSSR count). The maximum absolute atomic E-state index is 12.4. The number of pyridine rings is 1. The van der Waals surface area contributed by atoms with Crippen LogP contribution in [0.4, 0.5) is 6.01 Å². The summed E-state index contributed by atoms with van der Waals surface area (Å²) in [5, 5.41) is 3.02. The minimum atomic E-state index is -0.0391. The van der Waals surface area contributed by atoms with Gasteiger partial charge in [0.15, 0.2) is 5.58 Å². The first-order valence-corrected chi connectivity index (χ1v) is 8.99. The van der Waals surface area contributed by atoms with Crippen molar-refractivity contribution in [3.63, 3.8) is 0 Å². The minimum absolute atomic E-state index is 0.0391. The second kappa shape index (κ2) is 8.29. The normalized spacial score (nSPS) is 18.0.